The van der Waals surface area contributed by atoms with Crippen LogP contribution >= 0.6 is 27.5 Å². The molecule has 1 aliphatic carbocycles. The van der Waals surface area contributed by atoms with Crippen molar-refractivity contribution in [3.05, 3.63) is 99.0 Å². The molecule has 0 spiro atoms. The number of esters is 1. The van der Waals surface area contributed by atoms with Gasteiger partial charge in [-0.2, -0.15) is 0 Å². The Kier molecular flexibility index (Phi) is 4.47. The number of fused-ring (bicyclic) bond motifs is 3. The minimum atomic E-state index is -1.63. The number of ether oxygens (including phenoxy) is 1. The van der Waals surface area contributed by atoms with Crippen LogP contribution in [0.5, 0.6) is 5.75 Å². The van der Waals surface area contributed by atoms with Gasteiger partial charge >= 0.3 is 5.97 Å². The highest BCUT2D eigenvalue weighted by Gasteiger charge is 2.87. The molecule has 5 rings (SSSR count). The third-order valence-corrected chi connectivity index (χ3v) is 7.27. The molecule has 0 radical (unpaired) electrons. The molecule has 154 valence electrons. The molecule has 2 aliphatic rings. The fourth-order valence-corrected chi connectivity index (χ4v) is 5.50. The van der Waals surface area contributed by atoms with Gasteiger partial charge in [0.1, 0.15) is 5.75 Å². The Morgan fingerprint density at radius 3 is 2.26 bits per heavy atom. The van der Waals surface area contributed by atoms with Crippen molar-refractivity contribution >= 4 is 45.1 Å². The van der Waals surface area contributed by atoms with Crippen LogP contribution in [0.1, 0.15) is 39.1 Å². The van der Waals surface area contributed by atoms with E-state index in [0.29, 0.717) is 27.5 Å². The first kappa shape index (κ1) is 20.2. The fraction of sp³-hybridized carbons (Fsp3) is 0.160. The van der Waals surface area contributed by atoms with E-state index in [1.807, 2.05) is 6.07 Å². The van der Waals surface area contributed by atoms with E-state index >= 15 is 0 Å². The molecule has 1 aliphatic heterocycles. The molecule has 0 unspecified atom stereocenters. The summed E-state index contributed by atoms with van der Waals surface area (Å²) in [5, 5.41) is 0.499. The highest BCUT2D eigenvalue weighted by atomic mass is 79.9. The summed E-state index contributed by atoms with van der Waals surface area (Å²) >= 11 is 9.44. The third-order valence-electron chi connectivity index (χ3n) is 6.53. The summed E-state index contributed by atoms with van der Waals surface area (Å²) < 4.78 is 6.41. The monoisotopic (exact) mass is 494 g/mol. The highest BCUT2D eigenvalue weighted by molar-refractivity contribution is 9.10. The molecule has 31 heavy (non-hydrogen) atoms. The van der Waals surface area contributed by atoms with E-state index < -0.39 is 28.5 Å². The first-order chi connectivity index (χ1) is 14.8. The minimum Gasteiger partial charge on any atom is -0.425 e. The highest BCUT2D eigenvalue weighted by Crippen LogP contribution is 2.79. The van der Waals surface area contributed by atoms with Gasteiger partial charge in [-0.1, -0.05) is 64.8 Å². The number of carbonyl (C=O) groups is 3. The molecule has 1 heterocycles. The number of benzene rings is 3. The van der Waals surface area contributed by atoms with Gasteiger partial charge in [0.05, 0.1) is 5.41 Å². The van der Waals surface area contributed by atoms with Crippen molar-refractivity contribution in [2.24, 2.45) is 10.8 Å². The van der Waals surface area contributed by atoms with Crippen LogP contribution < -0.4 is 4.74 Å². The van der Waals surface area contributed by atoms with Crippen LogP contribution in [-0.2, 0) is 4.79 Å². The zero-order valence-electron chi connectivity index (χ0n) is 16.4. The molecule has 1 fully saturated rings. The Morgan fingerprint density at radius 2 is 1.58 bits per heavy atom. The fourth-order valence-electron chi connectivity index (χ4n) is 5.00. The van der Waals surface area contributed by atoms with Crippen molar-refractivity contribution in [1.29, 1.82) is 0 Å². The van der Waals surface area contributed by atoms with Gasteiger partial charge in [0, 0.05) is 32.1 Å². The summed E-state index contributed by atoms with van der Waals surface area (Å²) in [6.45, 7) is 1.69. The predicted octanol–water partition coefficient (Wildman–Crippen LogP) is 5.88. The first-order valence-corrected chi connectivity index (χ1v) is 10.9. The van der Waals surface area contributed by atoms with Gasteiger partial charge in [-0.15, -0.1) is 0 Å². The normalized spacial score (nSPS) is 25.8. The summed E-state index contributed by atoms with van der Waals surface area (Å²) in [4.78, 5) is 41.0. The van der Waals surface area contributed by atoms with Crippen LogP contribution in [0.3, 0.4) is 0 Å². The number of hydrogen-bond donors (Lipinski definition) is 0. The van der Waals surface area contributed by atoms with E-state index in [9.17, 15) is 14.4 Å². The second kappa shape index (κ2) is 6.87. The average Bonchev–Trinajstić information content (AvgIpc) is 3.37. The summed E-state index contributed by atoms with van der Waals surface area (Å²) in [5.41, 5.74) is -1.49. The summed E-state index contributed by atoms with van der Waals surface area (Å²) in [5.74, 6) is -1.64. The van der Waals surface area contributed by atoms with Gasteiger partial charge in [-0.25, -0.2) is 0 Å². The topological polar surface area (TPSA) is 60.4 Å². The molecule has 0 saturated heterocycles. The lowest BCUT2D eigenvalue weighted by Gasteiger charge is -2.23. The minimum absolute atomic E-state index is 0.289. The Morgan fingerprint density at radius 1 is 0.935 bits per heavy atom. The maximum absolute atomic E-state index is 13.8. The molecule has 0 bridgehead atoms. The van der Waals surface area contributed by atoms with Gasteiger partial charge in [0.15, 0.2) is 17.0 Å². The Balaban J connectivity index is 1.73. The van der Waals surface area contributed by atoms with Crippen LogP contribution in [0, 0.1) is 10.8 Å². The summed E-state index contributed by atoms with van der Waals surface area (Å²) in [6, 6.07) is 20.3. The Bertz CT molecular complexity index is 1250. The quantitative estimate of drug-likeness (QED) is 0.196. The third kappa shape index (κ3) is 2.63. The lowest BCUT2D eigenvalue weighted by molar-refractivity contribution is -0.140. The molecule has 3 aromatic carbocycles. The zero-order valence-corrected chi connectivity index (χ0v) is 18.7. The van der Waals surface area contributed by atoms with E-state index in [0.717, 1.165) is 4.47 Å². The maximum Gasteiger partial charge on any atom is 0.327 e. The smallest absolute Gasteiger partial charge is 0.327 e. The number of halogens is 2. The molecule has 3 atom stereocenters. The van der Waals surface area contributed by atoms with Gasteiger partial charge in [0.2, 0.25) is 0 Å². The van der Waals surface area contributed by atoms with E-state index in [1.165, 1.54) is 0 Å². The SMILES string of the molecule is C[C@]1(C(=O)c2ccc(Cl)cc2)[C@H]2c3cc(Br)ccc3OC(=O)[C@@]21C(=O)c1ccccc1. The number of hydrogen-bond acceptors (Lipinski definition) is 4. The van der Waals surface area contributed by atoms with Gasteiger partial charge < -0.3 is 4.74 Å². The zero-order chi connectivity index (χ0) is 22.0. The molecule has 0 amide bonds. The van der Waals surface area contributed by atoms with Crippen molar-refractivity contribution in [3.63, 3.8) is 0 Å². The van der Waals surface area contributed by atoms with Crippen LogP contribution in [-0.4, -0.2) is 17.5 Å². The van der Waals surface area contributed by atoms with E-state index in [4.69, 9.17) is 16.3 Å². The molecule has 1 saturated carbocycles. The van der Waals surface area contributed by atoms with Crippen LogP contribution in [0.15, 0.2) is 77.3 Å². The number of carbonyl (C=O) groups excluding carboxylic acids is 3. The average molecular weight is 496 g/mol. The molecule has 6 heteroatoms. The summed E-state index contributed by atoms with van der Waals surface area (Å²) in [7, 11) is 0. The van der Waals surface area contributed by atoms with Crippen molar-refractivity contribution in [1.82, 2.24) is 0 Å². The van der Waals surface area contributed by atoms with Gasteiger partial charge in [-0.05, 0) is 42.5 Å². The summed E-state index contributed by atoms with van der Waals surface area (Å²) in [6.07, 6.45) is 0. The van der Waals surface area contributed by atoms with Crippen LogP contribution in [0.4, 0.5) is 0 Å². The second-order valence-corrected chi connectivity index (χ2v) is 9.40. The standard InChI is InChI=1S/C25H16BrClO4/c1-24(21(28)15-7-10-17(27)11-8-15)20-18-13-16(26)9-12-19(18)31-23(30)25(20,24)22(29)14-5-3-2-4-6-14/h2-13,20H,1H3/t20-,24-,25+/m1/s1. The predicted molar refractivity (Wildman–Crippen MR) is 120 cm³/mol. The molecular formula is C25H16BrClO4. The molecular weight excluding hydrogens is 480 g/mol. The van der Waals surface area contributed by atoms with Crippen LogP contribution in [0.25, 0.3) is 0 Å². The van der Waals surface area contributed by atoms with Gasteiger partial charge in [-0.3, -0.25) is 14.4 Å². The van der Waals surface area contributed by atoms with Crippen molar-refractivity contribution in [2.75, 3.05) is 0 Å². The Labute approximate surface area is 192 Å². The second-order valence-electron chi connectivity index (χ2n) is 8.05. The van der Waals surface area contributed by atoms with E-state index in [2.05, 4.69) is 15.9 Å². The van der Waals surface area contributed by atoms with E-state index in [-0.39, 0.29) is 5.78 Å². The van der Waals surface area contributed by atoms with E-state index in [1.54, 1.807) is 73.7 Å². The number of ketones is 2. The molecule has 3 aromatic rings. The number of Topliss-reactive ketones (excluding diaryl/α,β-unsaturated/α-hetero) is 2. The lowest BCUT2D eigenvalue weighted by Crippen LogP contribution is -2.39. The maximum atomic E-state index is 13.8. The largest absolute Gasteiger partial charge is 0.425 e. The molecule has 0 N–H and O–H groups in total. The number of rotatable bonds is 4. The molecule has 4 nitrogen and oxygen atoms in total. The Hall–Kier alpha value is -2.76. The van der Waals surface area contributed by atoms with Crippen molar-refractivity contribution in [3.8, 4) is 5.75 Å². The lowest BCUT2D eigenvalue weighted by atomic mass is 9.82. The first-order valence-electron chi connectivity index (χ1n) is 9.73. The van der Waals surface area contributed by atoms with Crippen molar-refractivity contribution in [2.45, 2.75) is 12.8 Å². The van der Waals surface area contributed by atoms with Gasteiger partial charge in [0.25, 0.3) is 0 Å². The molecule has 0 aromatic heterocycles. The van der Waals surface area contributed by atoms with Crippen LogP contribution in [0.2, 0.25) is 5.02 Å². The van der Waals surface area contributed by atoms with Crippen molar-refractivity contribution < 1.29 is 19.1 Å².